The number of fused-ring (bicyclic) bond motifs is 2. The van der Waals surface area contributed by atoms with Crippen molar-refractivity contribution in [2.45, 2.75) is 26.2 Å². The van der Waals surface area contributed by atoms with Gasteiger partial charge in [0.1, 0.15) is 0 Å². The molecule has 17 heavy (non-hydrogen) atoms. The van der Waals surface area contributed by atoms with E-state index < -0.39 is 17.3 Å². The van der Waals surface area contributed by atoms with Gasteiger partial charge < -0.3 is 15.2 Å². The highest BCUT2D eigenvalue weighted by atomic mass is 16.5. The Bertz CT molecular complexity index is 318. The number of carboxylic acid groups (broad SMARTS) is 1. The summed E-state index contributed by atoms with van der Waals surface area (Å²) >= 11 is 0. The molecule has 1 heterocycles. The first-order valence-corrected chi connectivity index (χ1v) is 6.22. The Balaban J connectivity index is 2.30. The van der Waals surface area contributed by atoms with Crippen LogP contribution in [-0.2, 0) is 14.3 Å². The van der Waals surface area contributed by atoms with Gasteiger partial charge in [-0.2, -0.15) is 0 Å². The van der Waals surface area contributed by atoms with E-state index in [1.54, 1.807) is 6.92 Å². The molecular weight excluding hydrogens is 222 g/mol. The first-order valence-electron chi connectivity index (χ1n) is 6.22. The van der Waals surface area contributed by atoms with E-state index in [0.717, 1.165) is 19.4 Å². The number of nitrogens with one attached hydrogen (secondary N) is 1. The SMILES string of the molecule is CCOC(=O)C1C2CCCC1(C(=O)O)CNC2. The molecule has 0 spiro atoms. The van der Waals surface area contributed by atoms with Gasteiger partial charge in [0, 0.05) is 6.54 Å². The van der Waals surface area contributed by atoms with Crippen molar-refractivity contribution in [2.24, 2.45) is 17.3 Å². The molecule has 3 unspecified atom stereocenters. The highest BCUT2D eigenvalue weighted by molar-refractivity contribution is 5.85. The number of carbonyl (C=O) groups is 2. The second kappa shape index (κ2) is 4.64. The van der Waals surface area contributed by atoms with E-state index in [1.807, 2.05) is 0 Å². The summed E-state index contributed by atoms with van der Waals surface area (Å²) in [5.41, 5.74) is -0.951. The molecule has 96 valence electrons. The normalized spacial score (nSPS) is 36.3. The van der Waals surface area contributed by atoms with Crippen molar-refractivity contribution < 1.29 is 19.4 Å². The number of carboxylic acids is 1. The first-order chi connectivity index (χ1) is 8.12. The Morgan fingerprint density at radius 2 is 2.29 bits per heavy atom. The summed E-state index contributed by atoms with van der Waals surface area (Å²) in [4.78, 5) is 23.6. The quantitative estimate of drug-likeness (QED) is 0.709. The molecule has 2 fully saturated rings. The molecule has 2 rings (SSSR count). The molecule has 0 radical (unpaired) electrons. The molecule has 1 aliphatic heterocycles. The minimum Gasteiger partial charge on any atom is -0.481 e. The van der Waals surface area contributed by atoms with Gasteiger partial charge in [0.15, 0.2) is 0 Å². The number of aliphatic carboxylic acids is 1. The van der Waals surface area contributed by atoms with Crippen LogP contribution in [0, 0.1) is 17.3 Å². The Morgan fingerprint density at radius 1 is 1.53 bits per heavy atom. The van der Waals surface area contributed by atoms with Crippen molar-refractivity contribution in [3.05, 3.63) is 0 Å². The monoisotopic (exact) mass is 241 g/mol. The summed E-state index contributed by atoms with van der Waals surface area (Å²) in [6, 6.07) is 0. The lowest BCUT2D eigenvalue weighted by atomic mass is 9.59. The lowest BCUT2D eigenvalue weighted by Crippen LogP contribution is -2.60. The lowest BCUT2D eigenvalue weighted by molar-refractivity contribution is -0.175. The second-order valence-electron chi connectivity index (χ2n) is 4.97. The Labute approximate surface area is 101 Å². The highest BCUT2D eigenvalue weighted by Crippen LogP contribution is 2.47. The average Bonchev–Trinajstić information content (AvgIpc) is 2.27. The largest absolute Gasteiger partial charge is 0.481 e. The number of hydrogen-bond acceptors (Lipinski definition) is 4. The van der Waals surface area contributed by atoms with Crippen LogP contribution in [-0.4, -0.2) is 36.7 Å². The van der Waals surface area contributed by atoms with E-state index in [4.69, 9.17) is 4.74 Å². The molecule has 1 saturated heterocycles. The molecule has 1 aliphatic carbocycles. The van der Waals surface area contributed by atoms with Gasteiger partial charge in [-0.15, -0.1) is 0 Å². The summed E-state index contributed by atoms with van der Waals surface area (Å²) in [5, 5.41) is 12.6. The van der Waals surface area contributed by atoms with Gasteiger partial charge in [-0.1, -0.05) is 6.42 Å². The van der Waals surface area contributed by atoms with Crippen molar-refractivity contribution in [1.82, 2.24) is 5.32 Å². The fourth-order valence-corrected chi connectivity index (χ4v) is 3.32. The zero-order valence-electron chi connectivity index (χ0n) is 10.1. The Morgan fingerprint density at radius 3 is 2.94 bits per heavy atom. The smallest absolute Gasteiger partial charge is 0.311 e. The zero-order chi connectivity index (χ0) is 12.5. The molecule has 2 bridgehead atoms. The summed E-state index contributed by atoms with van der Waals surface area (Å²) < 4.78 is 5.06. The van der Waals surface area contributed by atoms with Crippen LogP contribution in [0.25, 0.3) is 0 Å². The predicted molar refractivity (Wildman–Crippen MR) is 60.4 cm³/mol. The summed E-state index contributed by atoms with van der Waals surface area (Å²) in [6.07, 6.45) is 2.36. The number of ether oxygens (including phenoxy) is 1. The molecule has 5 nitrogen and oxygen atoms in total. The fraction of sp³-hybridized carbons (Fsp3) is 0.833. The van der Waals surface area contributed by atoms with Crippen molar-refractivity contribution >= 4 is 11.9 Å². The lowest BCUT2D eigenvalue weighted by Gasteiger charge is -2.47. The summed E-state index contributed by atoms with van der Waals surface area (Å²) in [6.45, 7) is 3.16. The van der Waals surface area contributed by atoms with Crippen LogP contribution in [0.3, 0.4) is 0 Å². The zero-order valence-corrected chi connectivity index (χ0v) is 10.1. The van der Waals surface area contributed by atoms with Crippen molar-refractivity contribution in [1.29, 1.82) is 0 Å². The molecule has 0 aromatic rings. The van der Waals surface area contributed by atoms with Gasteiger partial charge in [0.25, 0.3) is 0 Å². The highest BCUT2D eigenvalue weighted by Gasteiger charge is 2.57. The van der Waals surface area contributed by atoms with Gasteiger partial charge in [0.2, 0.25) is 0 Å². The maximum absolute atomic E-state index is 12.0. The minimum absolute atomic E-state index is 0.104. The second-order valence-corrected chi connectivity index (χ2v) is 4.97. The molecule has 2 aliphatic rings. The third kappa shape index (κ3) is 1.92. The van der Waals surface area contributed by atoms with Gasteiger partial charge in [-0.25, -0.2) is 0 Å². The van der Waals surface area contributed by atoms with E-state index in [-0.39, 0.29) is 11.9 Å². The summed E-state index contributed by atoms with van der Waals surface area (Å²) in [7, 11) is 0. The Kier molecular flexibility index (Phi) is 3.38. The summed E-state index contributed by atoms with van der Waals surface area (Å²) in [5.74, 6) is -1.57. The van der Waals surface area contributed by atoms with Crippen LogP contribution in [0.1, 0.15) is 26.2 Å². The topological polar surface area (TPSA) is 75.6 Å². The Hall–Kier alpha value is -1.10. The van der Waals surface area contributed by atoms with Crippen LogP contribution >= 0.6 is 0 Å². The van der Waals surface area contributed by atoms with Crippen LogP contribution in [0.2, 0.25) is 0 Å². The van der Waals surface area contributed by atoms with E-state index in [2.05, 4.69) is 5.32 Å². The minimum atomic E-state index is -0.951. The average molecular weight is 241 g/mol. The van der Waals surface area contributed by atoms with Crippen LogP contribution in [0.4, 0.5) is 0 Å². The molecule has 0 aromatic heterocycles. The van der Waals surface area contributed by atoms with Gasteiger partial charge in [0.05, 0.1) is 17.9 Å². The van der Waals surface area contributed by atoms with E-state index in [1.165, 1.54) is 0 Å². The number of esters is 1. The van der Waals surface area contributed by atoms with E-state index >= 15 is 0 Å². The number of rotatable bonds is 3. The van der Waals surface area contributed by atoms with Crippen molar-refractivity contribution in [3.8, 4) is 0 Å². The molecular formula is C12H19NO4. The van der Waals surface area contributed by atoms with Crippen molar-refractivity contribution in [3.63, 3.8) is 0 Å². The number of carbonyl (C=O) groups excluding carboxylic acids is 1. The number of hydrogen-bond donors (Lipinski definition) is 2. The maximum Gasteiger partial charge on any atom is 0.311 e. The standard InChI is InChI=1S/C12H19NO4/c1-2-17-10(14)9-8-4-3-5-12(9,11(15)16)7-13-6-8/h8-9,13H,2-7H2,1H3,(H,15,16). The van der Waals surface area contributed by atoms with Gasteiger partial charge >= 0.3 is 11.9 Å². The number of piperidine rings is 1. The van der Waals surface area contributed by atoms with Crippen molar-refractivity contribution in [2.75, 3.05) is 19.7 Å². The molecule has 0 amide bonds. The predicted octanol–water partition coefficient (Wildman–Crippen LogP) is 0.640. The van der Waals surface area contributed by atoms with E-state index in [0.29, 0.717) is 19.6 Å². The van der Waals surface area contributed by atoms with Crippen LogP contribution in [0.15, 0.2) is 0 Å². The van der Waals surface area contributed by atoms with E-state index in [9.17, 15) is 14.7 Å². The molecule has 0 aromatic carbocycles. The fourth-order valence-electron chi connectivity index (χ4n) is 3.32. The van der Waals surface area contributed by atoms with Gasteiger partial charge in [-0.05, 0) is 32.2 Å². The molecule has 5 heteroatoms. The van der Waals surface area contributed by atoms with Gasteiger partial charge in [-0.3, -0.25) is 9.59 Å². The molecule has 1 saturated carbocycles. The molecule has 2 N–H and O–H groups in total. The van der Waals surface area contributed by atoms with Crippen LogP contribution < -0.4 is 5.32 Å². The third-order valence-corrected chi connectivity index (χ3v) is 4.08. The maximum atomic E-state index is 12.0. The first kappa shape index (κ1) is 12.4. The molecule has 3 atom stereocenters. The van der Waals surface area contributed by atoms with Crippen LogP contribution in [0.5, 0.6) is 0 Å². The third-order valence-electron chi connectivity index (χ3n) is 4.08.